The molecule has 4 rings (SSSR count). The normalized spacial score (nSPS) is 25.1. The van der Waals surface area contributed by atoms with Gasteiger partial charge < -0.3 is 4.74 Å². The molecule has 0 spiro atoms. The van der Waals surface area contributed by atoms with Crippen LogP contribution in [0.3, 0.4) is 0 Å². The van der Waals surface area contributed by atoms with Gasteiger partial charge in [-0.05, 0) is 35.6 Å². The number of hydrogen-bond donors (Lipinski definition) is 1. The van der Waals surface area contributed by atoms with Crippen LogP contribution in [-0.4, -0.2) is 12.6 Å². The molecule has 2 heterocycles. The molecule has 2 aromatic carbocycles. The Kier molecular flexibility index (Phi) is 2.66. The van der Waals surface area contributed by atoms with Crippen molar-refractivity contribution >= 4 is 5.97 Å². The second kappa shape index (κ2) is 4.43. The lowest BCUT2D eigenvalue weighted by molar-refractivity contribution is -0.150. The maximum absolute atomic E-state index is 12.8. The Morgan fingerprint density at radius 1 is 1.19 bits per heavy atom. The van der Waals surface area contributed by atoms with Crippen LogP contribution in [0.25, 0.3) is 0 Å². The van der Waals surface area contributed by atoms with Crippen LogP contribution in [0.2, 0.25) is 0 Å². The Labute approximate surface area is 123 Å². The number of carbonyl (C=O) groups excluding carboxylic acids is 1. The summed E-state index contributed by atoms with van der Waals surface area (Å²) in [5.74, 6) is -0.202. The van der Waals surface area contributed by atoms with Crippen molar-refractivity contribution in [3.05, 3.63) is 70.8 Å². The summed E-state index contributed by atoms with van der Waals surface area (Å²) in [5, 5.41) is 3.54. The van der Waals surface area contributed by atoms with E-state index in [1.165, 1.54) is 11.1 Å². The third-order valence-corrected chi connectivity index (χ3v) is 4.56. The molecule has 3 nitrogen and oxygen atoms in total. The third-order valence-electron chi connectivity index (χ3n) is 4.56. The zero-order valence-electron chi connectivity index (χ0n) is 11.9. The predicted octanol–water partition coefficient (Wildman–Crippen LogP) is 2.69. The number of ether oxygens (including phenoxy) is 1. The van der Waals surface area contributed by atoms with Crippen LogP contribution < -0.4 is 5.32 Å². The number of nitrogens with one attached hydrogen (secondary N) is 1. The molecule has 0 radical (unpaired) electrons. The van der Waals surface area contributed by atoms with Gasteiger partial charge in [0.05, 0.1) is 6.61 Å². The minimum absolute atomic E-state index is 0.181. The molecule has 2 unspecified atom stereocenters. The van der Waals surface area contributed by atoms with Crippen LogP contribution >= 0.6 is 0 Å². The van der Waals surface area contributed by atoms with Crippen LogP contribution in [0, 0.1) is 0 Å². The Morgan fingerprint density at radius 3 is 2.71 bits per heavy atom. The largest absolute Gasteiger partial charge is 0.464 e. The van der Waals surface area contributed by atoms with E-state index in [4.69, 9.17) is 4.74 Å². The first-order chi connectivity index (χ1) is 10.3. The van der Waals surface area contributed by atoms with Gasteiger partial charge in [-0.25, -0.2) is 4.79 Å². The number of carbonyl (C=O) groups is 1. The van der Waals surface area contributed by atoms with Crippen LogP contribution in [-0.2, 0) is 21.5 Å². The molecule has 0 amide bonds. The highest BCUT2D eigenvalue weighted by molar-refractivity contribution is 5.90. The SMILES string of the molecule is CCOC(=O)C12NC(Cc3ccccc31)c1ccccc12. The van der Waals surface area contributed by atoms with Gasteiger partial charge in [-0.15, -0.1) is 0 Å². The second-order valence-electron chi connectivity index (χ2n) is 5.62. The van der Waals surface area contributed by atoms with Crippen molar-refractivity contribution in [2.45, 2.75) is 24.9 Å². The Balaban J connectivity index is 2.01. The van der Waals surface area contributed by atoms with Crippen molar-refractivity contribution in [2.75, 3.05) is 6.61 Å². The van der Waals surface area contributed by atoms with E-state index < -0.39 is 5.54 Å². The highest BCUT2D eigenvalue weighted by atomic mass is 16.5. The van der Waals surface area contributed by atoms with Gasteiger partial charge in [0.25, 0.3) is 0 Å². The minimum atomic E-state index is -0.841. The average Bonchev–Trinajstić information content (AvgIpc) is 2.80. The van der Waals surface area contributed by atoms with Crippen molar-refractivity contribution in [3.63, 3.8) is 0 Å². The molecule has 0 saturated heterocycles. The number of hydrogen-bond acceptors (Lipinski definition) is 3. The van der Waals surface area contributed by atoms with Gasteiger partial charge in [-0.1, -0.05) is 48.5 Å². The van der Waals surface area contributed by atoms with E-state index in [0.717, 1.165) is 17.5 Å². The van der Waals surface area contributed by atoms with E-state index in [2.05, 4.69) is 17.4 Å². The van der Waals surface area contributed by atoms with Crippen molar-refractivity contribution in [2.24, 2.45) is 0 Å². The number of fused-ring (bicyclic) bond motifs is 7. The molecule has 0 saturated carbocycles. The van der Waals surface area contributed by atoms with Gasteiger partial charge in [0.2, 0.25) is 0 Å². The molecule has 1 N–H and O–H groups in total. The quantitative estimate of drug-likeness (QED) is 0.859. The summed E-state index contributed by atoms with van der Waals surface area (Å²) in [6, 6.07) is 16.5. The van der Waals surface area contributed by atoms with E-state index in [1.54, 1.807) is 0 Å². The summed E-state index contributed by atoms with van der Waals surface area (Å²) in [4.78, 5) is 12.8. The molecule has 2 aromatic rings. The summed E-state index contributed by atoms with van der Waals surface area (Å²) in [6.45, 7) is 2.23. The van der Waals surface area contributed by atoms with Crippen LogP contribution in [0.4, 0.5) is 0 Å². The fraction of sp³-hybridized carbons (Fsp3) is 0.278. The summed E-state index contributed by atoms with van der Waals surface area (Å²) >= 11 is 0. The molecule has 0 aliphatic carbocycles. The van der Waals surface area contributed by atoms with Gasteiger partial charge in [-0.3, -0.25) is 5.32 Å². The topological polar surface area (TPSA) is 38.3 Å². The summed E-state index contributed by atoms with van der Waals surface area (Å²) in [6.07, 6.45) is 0.911. The first-order valence-corrected chi connectivity index (χ1v) is 7.40. The summed E-state index contributed by atoms with van der Waals surface area (Å²) in [5.41, 5.74) is 3.67. The van der Waals surface area contributed by atoms with Gasteiger partial charge in [0.15, 0.2) is 5.54 Å². The molecule has 21 heavy (non-hydrogen) atoms. The van der Waals surface area contributed by atoms with E-state index >= 15 is 0 Å². The standard InChI is InChI=1S/C18H17NO2/c1-2-21-17(20)18-14-9-5-3-7-12(14)11-16(19-18)13-8-4-6-10-15(13)18/h3-10,16,19H,2,11H2,1H3. The Bertz CT molecular complexity index is 712. The zero-order valence-corrected chi connectivity index (χ0v) is 11.9. The second-order valence-corrected chi connectivity index (χ2v) is 5.62. The first kappa shape index (κ1) is 12.6. The molecule has 106 valence electrons. The van der Waals surface area contributed by atoms with E-state index in [0.29, 0.717) is 6.61 Å². The number of rotatable bonds is 2. The van der Waals surface area contributed by atoms with E-state index in [1.807, 2.05) is 43.3 Å². The number of esters is 1. The van der Waals surface area contributed by atoms with Gasteiger partial charge in [0, 0.05) is 6.04 Å². The highest BCUT2D eigenvalue weighted by Crippen LogP contribution is 2.49. The molecular weight excluding hydrogens is 262 g/mol. The van der Waals surface area contributed by atoms with Crippen LogP contribution in [0.15, 0.2) is 48.5 Å². The lowest BCUT2D eigenvalue weighted by Gasteiger charge is -2.35. The average molecular weight is 279 g/mol. The van der Waals surface area contributed by atoms with Gasteiger partial charge in [-0.2, -0.15) is 0 Å². The van der Waals surface area contributed by atoms with Gasteiger partial charge >= 0.3 is 5.97 Å². The first-order valence-electron chi connectivity index (χ1n) is 7.40. The molecule has 3 heteroatoms. The molecule has 2 aliphatic heterocycles. The summed E-state index contributed by atoms with van der Waals surface area (Å²) in [7, 11) is 0. The Morgan fingerprint density at radius 2 is 1.90 bits per heavy atom. The predicted molar refractivity (Wildman–Crippen MR) is 79.9 cm³/mol. The lowest BCUT2D eigenvalue weighted by Crippen LogP contribution is -2.51. The fourth-order valence-electron chi connectivity index (χ4n) is 3.75. The Hall–Kier alpha value is -2.13. The molecule has 0 aromatic heterocycles. The lowest BCUT2D eigenvalue weighted by atomic mass is 9.80. The van der Waals surface area contributed by atoms with Crippen molar-refractivity contribution < 1.29 is 9.53 Å². The highest BCUT2D eigenvalue weighted by Gasteiger charge is 2.54. The van der Waals surface area contributed by atoms with E-state index in [-0.39, 0.29) is 12.0 Å². The maximum Gasteiger partial charge on any atom is 0.335 e. The molecule has 0 fully saturated rings. The molecule has 2 aliphatic rings. The number of benzene rings is 2. The van der Waals surface area contributed by atoms with Crippen molar-refractivity contribution in [1.82, 2.24) is 5.32 Å². The van der Waals surface area contributed by atoms with Crippen LogP contribution in [0.1, 0.15) is 35.2 Å². The monoisotopic (exact) mass is 279 g/mol. The van der Waals surface area contributed by atoms with Crippen molar-refractivity contribution in [3.8, 4) is 0 Å². The maximum atomic E-state index is 12.8. The summed E-state index contributed by atoms with van der Waals surface area (Å²) < 4.78 is 5.41. The van der Waals surface area contributed by atoms with E-state index in [9.17, 15) is 4.79 Å². The fourth-order valence-corrected chi connectivity index (χ4v) is 3.75. The molecular formula is C18H17NO2. The molecule has 2 atom stereocenters. The smallest absolute Gasteiger partial charge is 0.335 e. The van der Waals surface area contributed by atoms with Crippen LogP contribution in [0.5, 0.6) is 0 Å². The zero-order chi connectivity index (χ0) is 14.4. The molecule has 2 bridgehead atoms. The van der Waals surface area contributed by atoms with Crippen molar-refractivity contribution in [1.29, 1.82) is 0 Å². The minimum Gasteiger partial charge on any atom is -0.464 e. The van der Waals surface area contributed by atoms with Gasteiger partial charge in [0.1, 0.15) is 0 Å². The third kappa shape index (κ3) is 1.55.